The first-order chi connectivity index (χ1) is 11.8. The van der Waals surface area contributed by atoms with Crippen LogP contribution in [0.3, 0.4) is 0 Å². The van der Waals surface area contributed by atoms with E-state index >= 15 is 0 Å². The van der Waals surface area contributed by atoms with E-state index in [1.165, 1.54) is 0 Å². The molecule has 1 aliphatic rings. The van der Waals surface area contributed by atoms with Gasteiger partial charge in [-0.05, 0) is 42.5 Å². The molecule has 1 amide bonds. The maximum Gasteiger partial charge on any atom is 0.258 e. The number of aromatic nitrogens is 1. The molecule has 1 aromatic heterocycles. The van der Waals surface area contributed by atoms with Crippen molar-refractivity contribution in [1.29, 1.82) is 0 Å². The number of allylic oxidation sites excluding steroid dienone is 2. The molecule has 0 aromatic carbocycles. The van der Waals surface area contributed by atoms with Gasteiger partial charge in [0.1, 0.15) is 0 Å². The lowest BCUT2D eigenvalue weighted by atomic mass is 9.96. The van der Waals surface area contributed by atoms with Gasteiger partial charge in [0.2, 0.25) is 5.91 Å². The normalized spacial score (nSPS) is 19.9. The zero-order chi connectivity index (χ0) is 18.7. The second-order valence-electron chi connectivity index (χ2n) is 7.27. The van der Waals surface area contributed by atoms with E-state index in [4.69, 9.17) is 0 Å². The Balaban J connectivity index is 2.75. The molecule has 25 heavy (non-hydrogen) atoms. The largest absolute Gasteiger partial charge is 0.337 e. The Labute approximate surface area is 150 Å². The summed E-state index contributed by atoms with van der Waals surface area (Å²) in [5, 5.41) is 1.71. The standard InChI is InChI=1S/C21H30N2O2/c1-7-9-10-17-16(8-2)20(14(3)4)18(22(6)21(17)25)13-23-12-15(5)11-19(23)24/h7-10,14-15H,11-13H2,1-6H3/b9-7+,16-8+,17-10+. The average molecular weight is 342 g/mol. The molecule has 0 N–H and O–H groups in total. The molecule has 4 nitrogen and oxygen atoms in total. The topological polar surface area (TPSA) is 42.3 Å². The molecule has 2 heterocycles. The fourth-order valence-electron chi connectivity index (χ4n) is 3.70. The molecule has 2 rings (SSSR count). The minimum Gasteiger partial charge on any atom is -0.337 e. The fraction of sp³-hybridized carbons (Fsp3) is 0.524. The van der Waals surface area contributed by atoms with E-state index in [-0.39, 0.29) is 17.4 Å². The van der Waals surface area contributed by atoms with Gasteiger partial charge in [-0.1, -0.05) is 39.0 Å². The number of rotatable bonds is 4. The van der Waals surface area contributed by atoms with Gasteiger partial charge in [-0.3, -0.25) is 9.59 Å². The highest BCUT2D eigenvalue weighted by Crippen LogP contribution is 2.21. The van der Waals surface area contributed by atoms with E-state index in [1.807, 2.05) is 50.1 Å². The van der Waals surface area contributed by atoms with Crippen LogP contribution in [-0.4, -0.2) is 21.9 Å². The van der Waals surface area contributed by atoms with Gasteiger partial charge >= 0.3 is 0 Å². The predicted molar refractivity (Wildman–Crippen MR) is 104 cm³/mol. The molecule has 4 heteroatoms. The molecule has 1 atom stereocenters. The summed E-state index contributed by atoms with van der Waals surface area (Å²) in [5.74, 6) is 0.827. The number of nitrogens with zero attached hydrogens (tertiary/aromatic N) is 2. The van der Waals surface area contributed by atoms with Crippen molar-refractivity contribution in [3.63, 3.8) is 0 Å². The van der Waals surface area contributed by atoms with Gasteiger partial charge in [0.15, 0.2) is 0 Å². The Bertz CT molecular complexity index is 859. The van der Waals surface area contributed by atoms with Crippen molar-refractivity contribution in [1.82, 2.24) is 9.47 Å². The van der Waals surface area contributed by atoms with E-state index in [9.17, 15) is 9.59 Å². The molecule has 0 radical (unpaired) electrons. The lowest BCUT2D eigenvalue weighted by Crippen LogP contribution is -2.49. The molecule has 1 aromatic rings. The van der Waals surface area contributed by atoms with Gasteiger partial charge in [-0.25, -0.2) is 0 Å². The monoisotopic (exact) mass is 342 g/mol. The van der Waals surface area contributed by atoms with Gasteiger partial charge in [0, 0.05) is 30.9 Å². The van der Waals surface area contributed by atoms with Crippen LogP contribution < -0.4 is 16.0 Å². The van der Waals surface area contributed by atoms with Crippen LogP contribution in [0.25, 0.3) is 12.2 Å². The fourth-order valence-corrected chi connectivity index (χ4v) is 3.70. The molecule has 1 aliphatic heterocycles. The number of hydrogen-bond donors (Lipinski definition) is 0. The summed E-state index contributed by atoms with van der Waals surface area (Å²) in [6, 6.07) is 0. The van der Waals surface area contributed by atoms with Crippen LogP contribution in [0.4, 0.5) is 0 Å². The first-order valence-corrected chi connectivity index (χ1v) is 9.10. The number of hydrogen-bond acceptors (Lipinski definition) is 2. The SMILES string of the molecule is C/C=c1/c(C(C)C)c(CN2CC(C)CC2=O)n(C)c(=O)/c1=C/C=C/C. The second-order valence-corrected chi connectivity index (χ2v) is 7.27. The first-order valence-electron chi connectivity index (χ1n) is 9.10. The van der Waals surface area contributed by atoms with Crippen molar-refractivity contribution in [2.24, 2.45) is 13.0 Å². The van der Waals surface area contributed by atoms with Crippen molar-refractivity contribution in [3.8, 4) is 0 Å². The highest BCUT2D eigenvalue weighted by atomic mass is 16.2. The van der Waals surface area contributed by atoms with Crippen LogP contribution in [0, 0.1) is 5.92 Å². The minimum absolute atomic E-state index is 0.00899. The van der Waals surface area contributed by atoms with Crippen LogP contribution in [0.2, 0.25) is 0 Å². The molecular weight excluding hydrogens is 312 g/mol. The zero-order valence-corrected chi connectivity index (χ0v) is 16.3. The Morgan fingerprint density at radius 3 is 2.36 bits per heavy atom. The van der Waals surface area contributed by atoms with Crippen LogP contribution in [0.5, 0.6) is 0 Å². The Hall–Kier alpha value is -2.10. The Morgan fingerprint density at radius 1 is 1.20 bits per heavy atom. The summed E-state index contributed by atoms with van der Waals surface area (Å²) < 4.78 is 1.73. The van der Waals surface area contributed by atoms with Crippen molar-refractivity contribution < 1.29 is 4.79 Å². The number of likely N-dealkylation sites (tertiary alicyclic amines) is 1. The number of carbonyl (C=O) groups excluding carboxylic acids is 1. The summed E-state index contributed by atoms with van der Waals surface area (Å²) in [7, 11) is 1.82. The summed E-state index contributed by atoms with van der Waals surface area (Å²) in [5.41, 5.74) is 2.10. The third-order valence-electron chi connectivity index (χ3n) is 4.90. The quantitative estimate of drug-likeness (QED) is 0.840. The summed E-state index contributed by atoms with van der Waals surface area (Å²) in [4.78, 5) is 27.1. The second kappa shape index (κ2) is 7.85. The lowest BCUT2D eigenvalue weighted by Gasteiger charge is -2.23. The third-order valence-corrected chi connectivity index (χ3v) is 4.90. The molecule has 1 fully saturated rings. The van der Waals surface area contributed by atoms with E-state index in [2.05, 4.69) is 20.8 Å². The van der Waals surface area contributed by atoms with Crippen LogP contribution >= 0.6 is 0 Å². The first kappa shape index (κ1) is 19.2. The van der Waals surface area contributed by atoms with Crippen molar-refractivity contribution in [2.75, 3.05) is 6.54 Å². The molecule has 1 unspecified atom stereocenters. The number of carbonyl (C=O) groups is 1. The van der Waals surface area contributed by atoms with Gasteiger partial charge in [0.05, 0.1) is 6.54 Å². The van der Waals surface area contributed by atoms with Gasteiger partial charge in [0.25, 0.3) is 5.56 Å². The average Bonchev–Trinajstić information content (AvgIpc) is 2.87. The van der Waals surface area contributed by atoms with Crippen LogP contribution in [-0.2, 0) is 18.4 Å². The van der Waals surface area contributed by atoms with E-state index in [0.29, 0.717) is 18.9 Å². The van der Waals surface area contributed by atoms with Gasteiger partial charge < -0.3 is 9.47 Å². The Kier molecular flexibility index (Phi) is 6.04. The highest BCUT2D eigenvalue weighted by Gasteiger charge is 2.28. The van der Waals surface area contributed by atoms with E-state index in [1.54, 1.807) is 4.57 Å². The molecular formula is C21H30N2O2. The molecule has 0 spiro atoms. The van der Waals surface area contributed by atoms with Crippen LogP contribution in [0.1, 0.15) is 58.2 Å². The third kappa shape index (κ3) is 3.78. The Morgan fingerprint density at radius 2 is 1.88 bits per heavy atom. The number of pyridine rings is 1. The highest BCUT2D eigenvalue weighted by molar-refractivity contribution is 5.78. The number of amides is 1. The zero-order valence-electron chi connectivity index (χ0n) is 16.3. The van der Waals surface area contributed by atoms with Crippen molar-refractivity contribution >= 4 is 18.1 Å². The summed E-state index contributed by atoms with van der Waals surface area (Å²) in [6.45, 7) is 11.6. The predicted octanol–water partition coefficient (Wildman–Crippen LogP) is 2.03. The summed E-state index contributed by atoms with van der Waals surface area (Å²) in [6.07, 6.45) is 8.33. The summed E-state index contributed by atoms with van der Waals surface area (Å²) >= 11 is 0. The van der Waals surface area contributed by atoms with Gasteiger partial charge in [-0.2, -0.15) is 0 Å². The van der Waals surface area contributed by atoms with E-state index < -0.39 is 0 Å². The molecule has 136 valence electrons. The van der Waals surface area contributed by atoms with Crippen LogP contribution in [0.15, 0.2) is 16.9 Å². The van der Waals surface area contributed by atoms with E-state index in [0.717, 1.165) is 28.2 Å². The molecule has 0 saturated carbocycles. The maximum atomic E-state index is 12.9. The smallest absolute Gasteiger partial charge is 0.258 e. The van der Waals surface area contributed by atoms with Crippen molar-refractivity contribution in [3.05, 3.63) is 44.2 Å². The molecule has 0 bridgehead atoms. The lowest BCUT2D eigenvalue weighted by molar-refractivity contribution is -0.128. The maximum absolute atomic E-state index is 12.9. The van der Waals surface area contributed by atoms with Crippen molar-refractivity contribution in [2.45, 2.75) is 53.5 Å². The molecule has 1 saturated heterocycles. The molecule has 0 aliphatic carbocycles. The van der Waals surface area contributed by atoms with Gasteiger partial charge in [-0.15, -0.1) is 0 Å². The minimum atomic E-state index is -0.00899.